The van der Waals surface area contributed by atoms with Crippen LogP contribution in [0.2, 0.25) is 0 Å². The molecule has 17 heavy (non-hydrogen) atoms. The highest BCUT2D eigenvalue weighted by Crippen LogP contribution is 2.48. The van der Waals surface area contributed by atoms with E-state index in [2.05, 4.69) is 5.32 Å². The standard InChI is InChI=1S/C14H24N2O/c15-12-3-1-2-4-13(12)16-14(17)11-8-9-5-6-10(11)7-9/h9-13H,1-8,15H2,(H,16,17). The van der Waals surface area contributed by atoms with Crippen molar-refractivity contribution in [1.29, 1.82) is 0 Å². The van der Waals surface area contributed by atoms with Crippen LogP contribution in [0.4, 0.5) is 0 Å². The molecular weight excluding hydrogens is 212 g/mol. The second-order valence-electron chi connectivity index (χ2n) is 6.34. The van der Waals surface area contributed by atoms with Crippen LogP contribution in [0.5, 0.6) is 0 Å². The normalized spacial score (nSPS) is 44.9. The second-order valence-corrected chi connectivity index (χ2v) is 6.34. The molecule has 3 rings (SSSR count). The van der Waals surface area contributed by atoms with Crippen molar-refractivity contribution in [2.75, 3.05) is 0 Å². The molecule has 0 aromatic rings. The van der Waals surface area contributed by atoms with Gasteiger partial charge in [-0.2, -0.15) is 0 Å². The summed E-state index contributed by atoms with van der Waals surface area (Å²) in [5.41, 5.74) is 6.09. The van der Waals surface area contributed by atoms with Gasteiger partial charge >= 0.3 is 0 Å². The van der Waals surface area contributed by atoms with Gasteiger partial charge in [-0.05, 0) is 43.9 Å². The molecule has 0 heterocycles. The van der Waals surface area contributed by atoms with E-state index >= 15 is 0 Å². The first-order chi connectivity index (χ1) is 8.24. The zero-order valence-corrected chi connectivity index (χ0v) is 10.5. The van der Waals surface area contributed by atoms with E-state index in [0.717, 1.165) is 25.2 Å². The average molecular weight is 236 g/mol. The van der Waals surface area contributed by atoms with E-state index in [1.54, 1.807) is 0 Å². The third-order valence-corrected chi connectivity index (χ3v) is 5.22. The molecule has 0 saturated heterocycles. The van der Waals surface area contributed by atoms with Crippen molar-refractivity contribution >= 4 is 5.91 Å². The number of fused-ring (bicyclic) bond motifs is 2. The topological polar surface area (TPSA) is 55.1 Å². The highest BCUT2D eigenvalue weighted by molar-refractivity contribution is 5.79. The number of carbonyl (C=O) groups excluding carboxylic acids is 1. The minimum absolute atomic E-state index is 0.186. The first-order valence-electron chi connectivity index (χ1n) is 7.30. The molecule has 3 heteroatoms. The third kappa shape index (κ3) is 2.22. The van der Waals surface area contributed by atoms with Crippen LogP contribution in [-0.2, 0) is 4.79 Å². The molecule has 3 N–H and O–H groups in total. The minimum Gasteiger partial charge on any atom is -0.352 e. The summed E-state index contributed by atoms with van der Waals surface area (Å²) in [7, 11) is 0. The van der Waals surface area contributed by atoms with Gasteiger partial charge in [-0.15, -0.1) is 0 Å². The van der Waals surface area contributed by atoms with Crippen LogP contribution in [0.15, 0.2) is 0 Å². The smallest absolute Gasteiger partial charge is 0.223 e. The molecule has 0 aromatic carbocycles. The quantitative estimate of drug-likeness (QED) is 0.768. The predicted molar refractivity (Wildman–Crippen MR) is 67.3 cm³/mol. The zero-order chi connectivity index (χ0) is 11.8. The molecule has 0 aliphatic heterocycles. The molecule has 3 aliphatic carbocycles. The Kier molecular flexibility index (Phi) is 3.12. The van der Waals surface area contributed by atoms with Gasteiger partial charge in [0.1, 0.15) is 0 Å². The van der Waals surface area contributed by atoms with Crippen LogP contribution < -0.4 is 11.1 Å². The highest BCUT2D eigenvalue weighted by atomic mass is 16.2. The summed E-state index contributed by atoms with van der Waals surface area (Å²) < 4.78 is 0. The fourth-order valence-electron chi connectivity index (χ4n) is 4.19. The third-order valence-electron chi connectivity index (χ3n) is 5.22. The maximum absolute atomic E-state index is 12.3. The number of nitrogens with two attached hydrogens (primary N) is 1. The van der Waals surface area contributed by atoms with Crippen LogP contribution in [-0.4, -0.2) is 18.0 Å². The Morgan fingerprint density at radius 3 is 2.53 bits per heavy atom. The summed E-state index contributed by atoms with van der Waals surface area (Å²) in [5.74, 6) is 2.14. The number of hydrogen-bond acceptors (Lipinski definition) is 2. The molecule has 0 radical (unpaired) electrons. The molecule has 3 fully saturated rings. The van der Waals surface area contributed by atoms with Gasteiger partial charge in [0.25, 0.3) is 0 Å². The predicted octanol–water partition coefficient (Wildman–Crippen LogP) is 1.81. The lowest BCUT2D eigenvalue weighted by molar-refractivity contribution is -0.127. The lowest BCUT2D eigenvalue weighted by Gasteiger charge is -2.31. The largest absolute Gasteiger partial charge is 0.352 e. The van der Waals surface area contributed by atoms with Gasteiger partial charge < -0.3 is 11.1 Å². The molecule has 3 aliphatic rings. The van der Waals surface area contributed by atoms with Crippen LogP contribution >= 0.6 is 0 Å². The molecule has 0 spiro atoms. The van der Waals surface area contributed by atoms with Crippen molar-refractivity contribution in [2.24, 2.45) is 23.5 Å². The Hall–Kier alpha value is -0.570. The average Bonchev–Trinajstić information content (AvgIpc) is 2.94. The Morgan fingerprint density at radius 1 is 1.06 bits per heavy atom. The lowest BCUT2D eigenvalue weighted by atomic mass is 9.86. The Morgan fingerprint density at radius 2 is 1.88 bits per heavy atom. The summed E-state index contributed by atoms with van der Waals surface area (Å²) in [4.78, 5) is 12.3. The van der Waals surface area contributed by atoms with E-state index in [9.17, 15) is 4.79 Å². The monoisotopic (exact) mass is 236 g/mol. The maximum Gasteiger partial charge on any atom is 0.223 e. The SMILES string of the molecule is NC1CCCCC1NC(=O)C1CC2CCC1C2. The Labute approximate surface area is 104 Å². The van der Waals surface area contributed by atoms with Gasteiger partial charge in [-0.1, -0.05) is 19.3 Å². The summed E-state index contributed by atoms with van der Waals surface area (Å²) in [5, 5.41) is 3.23. The summed E-state index contributed by atoms with van der Waals surface area (Å²) in [6.45, 7) is 0. The van der Waals surface area contributed by atoms with Crippen LogP contribution in [0.1, 0.15) is 51.4 Å². The first kappa shape index (κ1) is 11.5. The van der Waals surface area contributed by atoms with E-state index in [1.807, 2.05) is 0 Å². The van der Waals surface area contributed by atoms with Crippen molar-refractivity contribution in [3.8, 4) is 0 Å². The van der Waals surface area contributed by atoms with Gasteiger partial charge in [0, 0.05) is 18.0 Å². The molecule has 3 saturated carbocycles. The van der Waals surface area contributed by atoms with E-state index < -0.39 is 0 Å². The van der Waals surface area contributed by atoms with Crippen molar-refractivity contribution in [1.82, 2.24) is 5.32 Å². The number of nitrogens with one attached hydrogen (secondary N) is 1. The number of carbonyl (C=O) groups is 1. The first-order valence-corrected chi connectivity index (χ1v) is 7.30. The van der Waals surface area contributed by atoms with Crippen LogP contribution in [0.3, 0.4) is 0 Å². The van der Waals surface area contributed by atoms with E-state index in [1.165, 1.54) is 32.1 Å². The Balaban J connectivity index is 1.56. The number of hydrogen-bond donors (Lipinski definition) is 2. The molecular formula is C14H24N2O. The minimum atomic E-state index is 0.186. The lowest BCUT2D eigenvalue weighted by Crippen LogP contribution is -2.51. The molecule has 5 unspecified atom stereocenters. The fourth-order valence-corrected chi connectivity index (χ4v) is 4.19. The van der Waals surface area contributed by atoms with Crippen molar-refractivity contribution in [3.63, 3.8) is 0 Å². The van der Waals surface area contributed by atoms with Gasteiger partial charge in [-0.25, -0.2) is 0 Å². The second kappa shape index (κ2) is 4.60. The fraction of sp³-hybridized carbons (Fsp3) is 0.929. The number of amides is 1. The molecule has 3 nitrogen and oxygen atoms in total. The molecule has 1 amide bonds. The van der Waals surface area contributed by atoms with Gasteiger partial charge in [0.15, 0.2) is 0 Å². The number of rotatable bonds is 2. The zero-order valence-electron chi connectivity index (χ0n) is 10.5. The van der Waals surface area contributed by atoms with E-state index in [0.29, 0.717) is 17.7 Å². The molecule has 96 valence electrons. The van der Waals surface area contributed by atoms with Gasteiger partial charge in [0.2, 0.25) is 5.91 Å². The molecule has 0 aromatic heterocycles. The van der Waals surface area contributed by atoms with Crippen molar-refractivity contribution < 1.29 is 4.79 Å². The highest BCUT2D eigenvalue weighted by Gasteiger charge is 2.43. The van der Waals surface area contributed by atoms with Gasteiger partial charge in [0.05, 0.1) is 0 Å². The summed E-state index contributed by atoms with van der Waals surface area (Å²) in [6.07, 6.45) is 9.66. The van der Waals surface area contributed by atoms with Crippen molar-refractivity contribution in [2.45, 2.75) is 63.5 Å². The van der Waals surface area contributed by atoms with E-state index in [-0.39, 0.29) is 12.1 Å². The summed E-state index contributed by atoms with van der Waals surface area (Å²) >= 11 is 0. The maximum atomic E-state index is 12.3. The molecule has 2 bridgehead atoms. The van der Waals surface area contributed by atoms with Gasteiger partial charge in [-0.3, -0.25) is 4.79 Å². The Bertz CT molecular complexity index is 305. The van der Waals surface area contributed by atoms with Crippen LogP contribution in [0, 0.1) is 17.8 Å². The van der Waals surface area contributed by atoms with E-state index in [4.69, 9.17) is 5.73 Å². The summed E-state index contributed by atoms with van der Waals surface area (Å²) in [6, 6.07) is 0.432. The molecule has 5 atom stereocenters. The van der Waals surface area contributed by atoms with Crippen LogP contribution in [0.25, 0.3) is 0 Å². The van der Waals surface area contributed by atoms with Crippen molar-refractivity contribution in [3.05, 3.63) is 0 Å².